The zero-order valence-corrected chi connectivity index (χ0v) is 14.7. The lowest BCUT2D eigenvalue weighted by molar-refractivity contribution is -0.137. The molecule has 0 saturated carbocycles. The largest absolute Gasteiger partial charge is 0.497 e. The van der Waals surface area contributed by atoms with Gasteiger partial charge in [-0.2, -0.15) is 0 Å². The molecule has 1 fully saturated rings. The summed E-state index contributed by atoms with van der Waals surface area (Å²) in [7, 11) is 1.65. The highest BCUT2D eigenvalue weighted by Crippen LogP contribution is 2.26. The Balaban J connectivity index is 1.77. The molecular formula is C21H25NO3. The van der Waals surface area contributed by atoms with Gasteiger partial charge in [0.1, 0.15) is 5.75 Å². The van der Waals surface area contributed by atoms with Crippen molar-refractivity contribution in [3.63, 3.8) is 0 Å². The maximum atomic E-state index is 13.1. The number of hydrogen-bond acceptors (Lipinski definition) is 3. The summed E-state index contributed by atoms with van der Waals surface area (Å²) in [6.45, 7) is 2.60. The fourth-order valence-corrected chi connectivity index (χ4v) is 3.23. The van der Waals surface area contributed by atoms with Gasteiger partial charge in [0.05, 0.1) is 26.2 Å². The third-order valence-corrected chi connectivity index (χ3v) is 4.70. The van der Waals surface area contributed by atoms with Gasteiger partial charge in [-0.1, -0.05) is 42.5 Å². The minimum absolute atomic E-state index is 0.135. The van der Waals surface area contributed by atoms with E-state index in [9.17, 15) is 4.79 Å². The molecule has 1 atom stereocenters. The Labute approximate surface area is 149 Å². The summed E-state index contributed by atoms with van der Waals surface area (Å²) in [6, 6.07) is 18.2. The second-order valence-corrected chi connectivity index (χ2v) is 6.29. The highest BCUT2D eigenvalue weighted by Gasteiger charge is 2.27. The van der Waals surface area contributed by atoms with Crippen LogP contribution in [0, 0.1) is 0 Å². The van der Waals surface area contributed by atoms with E-state index in [1.165, 1.54) is 5.56 Å². The number of carbonyl (C=O) groups excluding carboxylic acids is 1. The Morgan fingerprint density at radius 3 is 2.40 bits per heavy atom. The van der Waals surface area contributed by atoms with Crippen molar-refractivity contribution in [2.75, 3.05) is 33.4 Å². The van der Waals surface area contributed by atoms with Crippen molar-refractivity contribution in [3.05, 3.63) is 65.7 Å². The molecule has 1 saturated heterocycles. The van der Waals surface area contributed by atoms with Crippen LogP contribution in [0.3, 0.4) is 0 Å². The summed E-state index contributed by atoms with van der Waals surface area (Å²) >= 11 is 0. The molecule has 4 nitrogen and oxygen atoms in total. The number of morpholine rings is 1. The lowest BCUT2D eigenvalue weighted by atomic mass is 9.90. The molecule has 0 N–H and O–H groups in total. The molecular weight excluding hydrogens is 314 g/mol. The number of methoxy groups -OCH3 is 1. The number of amides is 1. The van der Waals surface area contributed by atoms with Crippen molar-refractivity contribution in [2.24, 2.45) is 0 Å². The van der Waals surface area contributed by atoms with E-state index in [-0.39, 0.29) is 11.8 Å². The molecule has 1 heterocycles. The molecule has 2 aromatic carbocycles. The number of rotatable bonds is 6. The summed E-state index contributed by atoms with van der Waals surface area (Å²) in [5, 5.41) is 0. The van der Waals surface area contributed by atoms with Crippen LogP contribution in [0.4, 0.5) is 0 Å². The monoisotopic (exact) mass is 339 g/mol. The standard InChI is InChI=1S/C21H25NO3/c1-24-19-10-8-18(9-11-19)20(12-7-17-5-3-2-4-6-17)21(23)22-13-15-25-16-14-22/h2-6,8-11,20H,7,12-16H2,1H3/t20-/m1/s1. The molecule has 0 radical (unpaired) electrons. The van der Waals surface area contributed by atoms with Crippen molar-refractivity contribution in [3.8, 4) is 5.75 Å². The third-order valence-electron chi connectivity index (χ3n) is 4.70. The van der Waals surface area contributed by atoms with Crippen LogP contribution in [0.2, 0.25) is 0 Å². The molecule has 0 spiro atoms. The number of ether oxygens (including phenoxy) is 2. The molecule has 0 aromatic heterocycles. The topological polar surface area (TPSA) is 38.8 Å². The van der Waals surface area contributed by atoms with Gasteiger partial charge < -0.3 is 14.4 Å². The summed E-state index contributed by atoms with van der Waals surface area (Å²) in [5.74, 6) is 0.873. The van der Waals surface area contributed by atoms with E-state index in [0.717, 1.165) is 24.2 Å². The Morgan fingerprint density at radius 1 is 1.08 bits per heavy atom. The summed E-state index contributed by atoms with van der Waals surface area (Å²) in [4.78, 5) is 15.0. The highest BCUT2D eigenvalue weighted by molar-refractivity contribution is 5.84. The fraction of sp³-hybridized carbons (Fsp3) is 0.381. The van der Waals surface area contributed by atoms with Crippen LogP contribution in [0.25, 0.3) is 0 Å². The van der Waals surface area contributed by atoms with E-state index in [0.29, 0.717) is 26.3 Å². The minimum atomic E-state index is -0.135. The van der Waals surface area contributed by atoms with Gasteiger partial charge in [-0.05, 0) is 36.1 Å². The van der Waals surface area contributed by atoms with Gasteiger partial charge in [0, 0.05) is 13.1 Å². The van der Waals surface area contributed by atoms with Crippen molar-refractivity contribution in [1.29, 1.82) is 0 Å². The van der Waals surface area contributed by atoms with Gasteiger partial charge in [0.2, 0.25) is 5.91 Å². The molecule has 3 rings (SSSR count). The van der Waals surface area contributed by atoms with Crippen LogP contribution in [0.5, 0.6) is 5.75 Å². The Hall–Kier alpha value is -2.33. The molecule has 2 aromatic rings. The van der Waals surface area contributed by atoms with Crippen molar-refractivity contribution in [1.82, 2.24) is 4.90 Å². The van der Waals surface area contributed by atoms with E-state index in [1.54, 1.807) is 7.11 Å². The molecule has 4 heteroatoms. The van der Waals surface area contributed by atoms with Crippen LogP contribution in [0.15, 0.2) is 54.6 Å². The van der Waals surface area contributed by atoms with E-state index in [1.807, 2.05) is 47.4 Å². The van der Waals surface area contributed by atoms with Gasteiger partial charge >= 0.3 is 0 Å². The minimum Gasteiger partial charge on any atom is -0.497 e. The second kappa shape index (κ2) is 8.67. The number of aryl methyl sites for hydroxylation is 1. The number of benzene rings is 2. The molecule has 132 valence electrons. The van der Waals surface area contributed by atoms with Crippen molar-refractivity contribution in [2.45, 2.75) is 18.8 Å². The number of nitrogens with zero attached hydrogens (tertiary/aromatic N) is 1. The summed E-state index contributed by atoms with van der Waals surface area (Å²) in [6.07, 6.45) is 1.68. The number of hydrogen-bond donors (Lipinski definition) is 0. The molecule has 1 aliphatic heterocycles. The van der Waals surface area contributed by atoms with Crippen LogP contribution in [-0.2, 0) is 16.0 Å². The highest BCUT2D eigenvalue weighted by atomic mass is 16.5. The lowest BCUT2D eigenvalue weighted by Gasteiger charge is -2.30. The van der Waals surface area contributed by atoms with Gasteiger partial charge in [-0.15, -0.1) is 0 Å². The molecule has 0 aliphatic carbocycles. The lowest BCUT2D eigenvalue weighted by Crippen LogP contribution is -2.43. The predicted molar refractivity (Wildman–Crippen MR) is 97.9 cm³/mol. The first-order valence-electron chi connectivity index (χ1n) is 8.82. The van der Waals surface area contributed by atoms with E-state index in [4.69, 9.17) is 9.47 Å². The van der Waals surface area contributed by atoms with Crippen LogP contribution in [-0.4, -0.2) is 44.2 Å². The van der Waals surface area contributed by atoms with Gasteiger partial charge in [0.15, 0.2) is 0 Å². The van der Waals surface area contributed by atoms with Gasteiger partial charge in [-0.3, -0.25) is 4.79 Å². The molecule has 1 amide bonds. The fourth-order valence-electron chi connectivity index (χ4n) is 3.23. The predicted octanol–water partition coefficient (Wildman–Crippen LogP) is 3.27. The zero-order chi connectivity index (χ0) is 17.5. The maximum Gasteiger partial charge on any atom is 0.230 e. The van der Waals surface area contributed by atoms with E-state index in [2.05, 4.69) is 12.1 Å². The van der Waals surface area contributed by atoms with Crippen molar-refractivity contribution < 1.29 is 14.3 Å². The summed E-state index contributed by atoms with van der Waals surface area (Å²) in [5.41, 5.74) is 2.31. The van der Waals surface area contributed by atoms with Gasteiger partial charge in [-0.25, -0.2) is 0 Å². The third kappa shape index (κ3) is 4.60. The smallest absolute Gasteiger partial charge is 0.230 e. The zero-order valence-electron chi connectivity index (χ0n) is 14.7. The van der Waals surface area contributed by atoms with Crippen LogP contribution >= 0.6 is 0 Å². The average Bonchev–Trinajstić information content (AvgIpc) is 2.70. The number of carbonyl (C=O) groups is 1. The SMILES string of the molecule is COc1ccc([C@@H](CCc2ccccc2)C(=O)N2CCOCC2)cc1. The maximum absolute atomic E-state index is 13.1. The molecule has 0 bridgehead atoms. The second-order valence-electron chi connectivity index (χ2n) is 6.29. The first-order chi connectivity index (χ1) is 12.3. The first-order valence-corrected chi connectivity index (χ1v) is 8.82. The Bertz CT molecular complexity index is 663. The normalized spacial score (nSPS) is 15.6. The Morgan fingerprint density at radius 2 is 1.76 bits per heavy atom. The summed E-state index contributed by atoms with van der Waals surface area (Å²) < 4.78 is 10.6. The van der Waals surface area contributed by atoms with Gasteiger partial charge in [0.25, 0.3) is 0 Å². The van der Waals surface area contributed by atoms with Crippen LogP contribution in [0.1, 0.15) is 23.5 Å². The quantitative estimate of drug-likeness (QED) is 0.811. The van der Waals surface area contributed by atoms with Crippen molar-refractivity contribution >= 4 is 5.91 Å². The molecule has 1 aliphatic rings. The molecule has 0 unspecified atom stereocenters. The Kier molecular flexibility index (Phi) is 6.07. The van der Waals surface area contributed by atoms with E-state index >= 15 is 0 Å². The first kappa shape index (κ1) is 17.5. The molecule has 25 heavy (non-hydrogen) atoms. The van der Waals surface area contributed by atoms with Crippen LogP contribution < -0.4 is 4.74 Å². The van der Waals surface area contributed by atoms with E-state index < -0.39 is 0 Å². The average molecular weight is 339 g/mol.